The molecule has 0 heterocycles. The number of thiocarbonyl (C=S) groups is 1. The number of carboxylic acid groups (broad SMARTS) is 1. The van der Waals surface area contributed by atoms with Crippen LogP contribution in [0, 0.1) is 0 Å². The molecule has 0 aliphatic heterocycles. The van der Waals surface area contributed by atoms with E-state index in [2.05, 4.69) is 22.4 Å². The molecule has 0 fully saturated rings. The maximum atomic E-state index is 10.6. The molecule has 0 bridgehead atoms. The van der Waals surface area contributed by atoms with Crippen LogP contribution in [0.15, 0.2) is 35.3 Å². The van der Waals surface area contributed by atoms with Crippen molar-refractivity contribution >= 4 is 29.0 Å². The van der Waals surface area contributed by atoms with Gasteiger partial charge in [0.05, 0.1) is 10.8 Å². The van der Waals surface area contributed by atoms with Crippen molar-refractivity contribution in [3.05, 3.63) is 30.3 Å². The Balaban J connectivity index is 0.000000293. The van der Waals surface area contributed by atoms with Crippen LogP contribution in [0.3, 0.4) is 0 Å². The number of alkyl halides is 3. The van der Waals surface area contributed by atoms with E-state index >= 15 is 0 Å². The minimum absolute atomic E-state index is 0.854. The fraction of sp³-hybridized carbons (Fsp3) is 0.111. The summed E-state index contributed by atoms with van der Waals surface area (Å²) in [6.07, 6.45) is -5.08. The standard InChI is InChI=1S/C7H5NS.C2HF3O2/c9-6-8-7-4-2-1-3-5-7;3-2(4,5)1(6)7/h1-5H;(H,6,7). The molecule has 0 aromatic heterocycles. The second-order valence-corrected chi connectivity index (χ2v) is 2.52. The normalized spacial score (nSPS) is 9.44. The second-order valence-electron chi connectivity index (χ2n) is 2.34. The van der Waals surface area contributed by atoms with Crippen LogP contribution in [0.4, 0.5) is 18.9 Å². The number of halogens is 3. The highest BCUT2D eigenvalue weighted by atomic mass is 32.1. The second kappa shape index (κ2) is 6.71. The molecular formula is C9H6F3NO2S. The van der Waals surface area contributed by atoms with Crippen LogP contribution < -0.4 is 0 Å². The van der Waals surface area contributed by atoms with Crippen LogP contribution in [-0.4, -0.2) is 22.4 Å². The molecule has 3 nitrogen and oxygen atoms in total. The molecule has 1 rings (SSSR count). The number of benzene rings is 1. The van der Waals surface area contributed by atoms with Gasteiger partial charge in [-0.05, 0) is 24.4 Å². The highest BCUT2D eigenvalue weighted by Gasteiger charge is 2.38. The molecule has 0 unspecified atom stereocenters. The van der Waals surface area contributed by atoms with Crippen LogP contribution in [-0.2, 0) is 4.79 Å². The SMILES string of the molecule is O=C(O)C(F)(F)F.S=C=Nc1ccccc1. The fourth-order valence-corrected chi connectivity index (χ4v) is 0.661. The van der Waals surface area contributed by atoms with Crippen molar-refractivity contribution in [3.63, 3.8) is 0 Å². The van der Waals surface area contributed by atoms with Gasteiger partial charge in [0.15, 0.2) is 0 Å². The largest absolute Gasteiger partial charge is 0.490 e. The van der Waals surface area contributed by atoms with E-state index in [1.165, 1.54) is 0 Å². The number of isothiocyanates is 1. The zero-order valence-electron chi connectivity index (χ0n) is 7.73. The predicted molar refractivity (Wildman–Crippen MR) is 54.8 cm³/mol. The van der Waals surface area contributed by atoms with Gasteiger partial charge in [0.1, 0.15) is 0 Å². The lowest BCUT2D eigenvalue weighted by Crippen LogP contribution is -2.21. The predicted octanol–water partition coefficient (Wildman–Crippen LogP) is 3.05. The van der Waals surface area contributed by atoms with E-state index < -0.39 is 12.1 Å². The highest BCUT2D eigenvalue weighted by Crippen LogP contribution is 2.13. The van der Waals surface area contributed by atoms with Crippen LogP contribution in [0.2, 0.25) is 0 Å². The van der Waals surface area contributed by atoms with Gasteiger partial charge >= 0.3 is 12.1 Å². The van der Waals surface area contributed by atoms with Gasteiger partial charge in [-0.25, -0.2) is 4.79 Å². The topological polar surface area (TPSA) is 49.7 Å². The van der Waals surface area contributed by atoms with E-state index in [1.807, 2.05) is 30.3 Å². The Morgan fingerprint density at radius 2 is 1.75 bits per heavy atom. The smallest absolute Gasteiger partial charge is 0.475 e. The van der Waals surface area contributed by atoms with Gasteiger partial charge in [-0.15, -0.1) is 0 Å². The monoisotopic (exact) mass is 249 g/mol. The Morgan fingerprint density at radius 1 is 1.31 bits per heavy atom. The molecular weight excluding hydrogens is 243 g/mol. The summed E-state index contributed by atoms with van der Waals surface area (Å²) in [5, 5.41) is 9.42. The van der Waals surface area contributed by atoms with Gasteiger partial charge in [0.2, 0.25) is 0 Å². The van der Waals surface area contributed by atoms with Gasteiger partial charge in [0, 0.05) is 0 Å². The van der Waals surface area contributed by atoms with Crippen molar-refractivity contribution in [1.82, 2.24) is 0 Å². The molecule has 0 saturated carbocycles. The van der Waals surface area contributed by atoms with Crippen LogP contribution in [0.25, 0.3) is 0 Å². The Hall–Kier alpha value is -1.72. The number of carboxylic acids is 1. The lowest BCUT2D eigenvalue weighted by Gasteiger charge is -1.93. The van der Waals surface area contributed by atoms with Crippen LogP contribution >= 0.6 is 12.2 Å². The zero-order valence-corrected chi connectivity index (χ0v) is 8.55. The number of nitrogens with zero attached hydrogens (tertiary/aromatic N) is 1. The van der Waals surface area contributed by atoms with E-state index in [0.29, 0.717) is 0 Å². The lowest BCUT2D eigenvalue weighted by molar-refractivity contribution is -0.192. The molecule has 0 saturated heterocycles. The quantitative estimate of drug-likeness (QED) is 0.614. The Labute approximate surface area is 94.2 Å². The van der Waals surface area contributed by atoms with Gasteiger partial charge in [-0.1, -0.05) is 18.2 Å². The summed E-state index contributed by atoms with van der Waals surface area (Å²) in [5.74, 6) is -2.76. The number of para-hydroxylation sites is 1. The highest BCUT2D eigenvalue weighted by molar-refractivity contribution is 7.78. The molecule has 0 aliphatic carbocycles. The molecule has 0 spiro atoms. The maximum Gasteiger partial charge on any atom is 0.490 e. The number of rotatable bonds is 1. The summed E-state index contributed by atoms with van der Waals surface area (Å²) in [6.45, 7) is 0. The maximum absolute atomic E-state index is 10.6. The van der Waals surface area contributed by atoms with E-state index in [-0.39, 0.29) is 0 Å². The Bertz CT molecular complexity index is 385. The van der Waals surface area contributed by atoms with Crippen molar-refractivity contribution in [3.8, 4) is 0 Å². The lowest BCUT2D eigenvalue weighted by atomic mass is 10.3. The summed E-state index contributed by atoms with van der Waals surface area (Å²) in [7, 11) is 0. The molecule has 7 heteroatoms. The number of carbonyl (C=O) groups is 1. The first kappa shape index (κ1) is 14.3. The number of hydrogen-bond donors (Lipinski definition) is 1. The number of hydrogen-bond acceptors (Lipinski definition) is 3. The molecule has 86 valence electrons. The summed E-state index contributed by atoms with van der Waals surface area (Å²) in [4.78, 5) is 12.7. The van der Waals surface area contributed by atoms with E-state index in [1.54, 1.807) is 0 Å². The van der Waals surface area contributed by atoms with E-state index in [4.69, 9.17) is 9.90 Å². The zero-order chi connectivity index (χ0) is 12.6. The molecule has 1 N–H and O–H groups in total. The Morgan fingerprint density at radius 3 is 2.06 bits per heavy atom. The molecule has 0 radical (unpaired) electrons. The van der Waals surface area contributed by atoms with E-state index in [9.17, 15) is 13.2 Å². The fourth-order valence-electron chi connectivity index (χ4n) is 0.555. The molecule has 1 aromatic carbocycles. The summed E-state index contributed by atoms with van der Waals surface area (Å²) in [6, 6.07) is 9.50. The van der Waals surface area contributed by atoms with Crippen molar-refractivity contribution < 1.29 is 23.1 Å². The van der Waals surface area contributed by atoms with Crippen molar-refractivity contribution in [2.75, 3.05) is 0 Å². The number of aliphatic imine (C=N–C) groups is 1. The molecule has 16 heavy (non-hydrogen) atoms. The third-order valence-corrected chi connectivity index (χ3v) is 1.26. The summed E-state index contributed by atoms with van der Waals surface area (Å²) < 4.78 is 31.7. The first-order valence-corrected chi connectivity index (χ1v) is 4.21. The third kappa shape index (κ3) is 6.69. The summed E-state index contributed by atoms with van der Waals surface area (Å²) >= 11 is 4.42. The molecule has 0 atom stereocenters. The molecule has 0 amide bonds. The van der Waals surface area contributed by atoms with Gasteiger partial charge in [0.25, 0.3) is 0 Å². The molecule has 1 aromatic rings. The summed E-state index contributed by atoms with van der Waals surface area (Å²) in [5.41, 5.74) is 0.854. The van der Waals surface area contributed by atoms with Crippen LogP contribution in [0.1, 0.15) is 0 Å². The van der Waals surface area contributed by atoms with Crippen molar-refractivity contribution in [1.29, 1.82) is 0 Å². The number of aliphatic carboxylic acids is 1. The first-order valence-electron chi connectivity index (χ1n) is 3.81. The first-order chi connectivity index (χ1) is 7.38. The Kier molecular flexibility index (Phi) is 5.99. The van der Waals surface area contributed by atoms with Crippen molar-refractivity contribution in [2.45, 2.75) is 6.18 Å². The van der Waals surface area contributed by atoms with Gasteiger partial charge in [-0.2, -0.15) is 18.2 Å². The van der Waals surface area contributed by atoms with Gasteiger partial charge in [-0.3, -0.25) is 0 Å². The third-order valence-electron chi connectivity index (χ3n) is 1.17. The van der Waals surface area contributed by atoms with Crippen LogP contribution in [0.5, 0.6) is 0 Å². The molecule has 0 aliphatic rings. The van der Waals surface area contributed by atoms with Crippen molar-refractivity contribution in [2.24, 2.45) is 4.99 Å². The van der Waals surface area contributed by atoms with E-state index in [0.717, 1.165) is 5.69 Å². The minimum atomic E-state index is -5.08. The minimum Gasteiger partial charge on any atom is -0.475 e. The average molecular weight is 249 g/mol. The average Bonchev–Trinajstić information content (AvgIpc) is 2.19. The van der Waals surface area contributed by atoms with Gasteiger partial charge < -0.3 is 5.11 Å².